The minimum Gasteiger partial charge on any atom is -0.394 e. The molecule has 0 saturated carbocycles. The summed E-state index contributed by atoms with van der Waals surface area (Å²) < 4.78 is 4.80. The van der Waals surface area contributed by atoms with Crippen LogP contribution in [0.3, 0.4) is 0 Å². The van der Waals surface area contributed by atoms with E-state index in [0.717, 1.165) is 0 Å². The Morgan fingerprint density at radius 1 is 1.09 bits per heavy atom. The average molecular weight is 343 g/mol. The molecule has 0 spiro atoms. The summed E-state index contributed by atoms with van der Waals surface area (Å²) in [6.07, 6.45) is -10.8. The van der Waals surface area contributed by atoms with E-state index in [-0.39, 0.29) is 6.29 Å². The Kier molecular flexibility index (Phi) is 9.88. The van der Waals surface area contributed by atoms with Crippen LogP contribution in [0, 0.1) is 0 Å². The summed E-state index contributed by atoms with van der Waals surface area (Å²) >= 11 is 0. The third-order valence-corrected chi connectivity index (χ3v) is 3.33. The van der Waals surface area contributed by atoms with E-state index >= 15 is 0 Å². The lowest BCUT2D eigenvalue weighted by Gasteiger charge is -2.37. The van der Waals surface area contributed by atoms with Crippen LogP contribution < -0.4 is 5.73 Å². The van der Waals surface area contributed by atoms with Gasteiger partial charge in [0, 0.05) is 0 Å². The molecular formula is C12H25NO10. The molecule has 0 radical (unpaired) electrons. The van der Waals surface area contributed by atoms with Crippen molar-refractivity contribution in [3.05, 3.63) is 0 Å². The maximum absolute atomic E-state index is 9.90. The van der Waals surface area contributed by atoms with Gasteiger partial charge in [0.05, 0.1) is 18.8 Å². The highest BCUT2D eigenvalue weighted by Crippen LogP contribution is 2.17. The van der Waals surface area contributed by atoms with Gasteiger partial charge in [-0.2, -0.15) is 0 Å². The Balaban J connectivity index is 0.000000422. The number of hydrogen-bond donors (Lipinski definition) is 9. The topological polar surface area (TPSA) is 214 Å². The summed E-state index contributed by atoms with van der Waals surface area (Å²) in [6.45, 7) is 0.798. The second kappa shape index (κ2) is 10.2. The maximum atomic E-state index is 9.90. The highest BCUT2D eigenvalue weighted by Gasteiger charge is 2.39. The molecule has 0 aliphatic carbocycles. The van der Waals surface area contributed by atoms with E-state index in [1.165, 1.54) is 0 Å². The highest BCUT2D eigenvalue weighted by atomic mass is 16.6. The molecule has 1 aliphatic heterocycles. The van der Waals surface area contributed by atoms with Gasteiger partial charge in [0.1, 0.15) is 36.6 Å². The van der Waals surface area contributed by atoms with Crippen LogP contribution in [-0.4, -0.2) is 109 Å². The molecule has 1 aliphatic rings. The molecular weight excluding hydrogens is 318 g/mol. The summed E-state index contributed by atoms with van der Waals surface area (Å²) in [5.74, 6) is 0. The van der Waals surface area contributed by atoms with Crippen LogP contribution >= 0.6 is 0 Å². The van der Waals surface area contributed by atoms with E-state index in [4.69, 9.17) is 46.2 Å². The van der Waals surface area contributed by atoms with Gasteiger partial charge in [-0.05, 0) is 6.92 Å². The Bertz CT molecular complexity index is 332. The number of aldehydes is 1. The molecule has 0 aromatic carbocycles. The molecule has 1 heterocycles. The first kappa shape index (κ1) is 22.3. The van der Waals surface area contributed by atoms with Crippen LogP contribution in [0.4, 0.5) is 0 Å². The monoisotopic (exact) mass is 343 g/mol. The van der Waals surface area contributed by atoms with E-state index in [9.17, 15) is 9.90 Å². The van der Waals surface area contributed by atoms with Crippen LogP contribution in [0.15, 0.2) is 0 Å². The summed E-state index contributed by atoms with van der Waals surface area (Å²) in [5.41, 5.74) is 5.29. The Morgan fingerprint density at radius 3 is 2.04 bits per heavy atom. The minimum atomic E-state index is -1.79. The third kappa shape index (κ3) is 6.35. The molecule has 9 atom stereocenters. The molecule has 11 heteroatoms. The second-order valence-corrected chi connectivity index (χ2v) is 5.15. The van der Waals surface area contributed by atoms with Gasteiger partial charge in [0.15, 0.2) is 12.6 Å². The molecule has 1 rings (SSSR count). The van der Waals surface area contributed by atoms with Gasteiger partial charge in [-0.1, -0.05) is 0 Å². The van der Waals surface area contributed by atoms with E-state index in [1.807, 2.05) is 0 Å². The number of nitrogens with two attached hydrogens (primary N) is 1. The minimum absolute atomic E-state index is 0.0258. The fraction of sp³-hybridized carbons (Fsp3) is 0.917. The Hall–Kier alpha value is -0.730. The quantitative estimate of drug-likeness (QED) is 0.214. The van der Waals surface area contributed by atoms with Gasteiger partial charge in [0.2, 0.25) is 0 Å². The van der Waals surface area contributed by atoms with Crippen molar-refractivity contribution >= 4 is 6.29 Å². The van der Waals surface area contributed by atoms with Gasteiger partial charge in [0.25, 0.3) is 0 Å². The number of ether oxygens (including phenoxy) is 1. The first-order valence-electron chi connectivity index (χ1n) is 6.82. The van der Waals surface area contributed by atoms with E-state index in [1.54, 1.807) is 6.92 Å². The lowest BCUT2D eigenvalue weighted by Crippen LogP contribution is -2.60. The van der Waals surface area contributed by atoms with E-state index in [2.05, 4.69) is 0 Å². The second-order valence-electron chi connectivity index (χ2n) is 5.15. The van der Waals surface area contributed by atoms with Gasteiger partial charge in [-0.3, -0.25) is 0 Å². The van der Waals surface area contributed by atoms with Crippen molar-refractivity contribution in [3.8, 4) is 0 Å². The molecule has 0 bridgehead atoms. The summed E-state index contributed by atoms with van der Waals surface area (Å²) in [6, 6.07) is -0.929. The SMILES string of the molecule is C[C@H]1OC(O)[C@H](N)[C@@H](O)[C@H]1O.O=CC(O)C(O)C(O)C(O)CO. The number of carbonyl (C=O) groups is 1. The molecule has 0 aromatic rings. The smallest absolute Gasteiger partial charge is 0.172 e. The first-order chi connectivity index (χ1) is 10.6. The summed E-state index contributed by atoms with van der Waals surface area (Å²) in [4.78, 5) is 9.90. The predicted molar refractivity (Wildman–Crippen MR) is 73.7 cm³/mol. The number of carbonyl (C=O) groups excluding carboxylic acids is 1. The normalized spacial score (nSPS) is 36.2. The number of aliphatic hydroxyl groups is 8. The first-order valence-corrected chi connectivity index (χ1v) is 6.82. The fourth-order valence-corrected chi connectivity index (χ4v) is 1.68. The summed E-state index contributed by atoms with van der Waals surface area (Å²) in [5, 5.41) is 70.9. The lowest BCUT2D eigenvalue weighted by atomic mass is 9.99. The fourth-order valence-electron chi connectivity index (χ4n) is 1.68. The molecule has 1 fully saturated rings. The zero-order chi connectivity index (χ0) is 18.3. The van der Waals surface area contributed by atoms with E-state index < -0.39 is 61.7 Å². The number of rotatable bonds is 5. The van der Waals surface area contributed by atoms with Crippen molar-refractivity contribution in [3.63, 3.8) is 0 Å². The molecule has 138 valence electrons. The molecule has 0 aromatic heterocycles. The van der Waals surface area contributed by atoms with Crippen LogP contribution in [-0.2, 0) is 9.53 Å². The standard InChI is InChI=1S/C6H13NO4.C6H12O6/c1-2-4(8)5(9)3(7)6(10)11-2;7-1-3(9)5(11)6(12)4(10)2-8/h2-6,8-10H,7H2,1H3;1,3-6,8-12H,2H2/t2-,3-,4+,5-,6?;/m1./s1. The molecule has 11 nitrogen and oxygen atoms in total. The average Bonchev–Trinajstić information content (AvgIpc) is 2.55. The summed E-state index contributed by atoms with van der Waals surface area (Å²) in [7, 11) is 0. The van der Waals surface area contributed by atoms with Gasteiger partial charge < -0.3 is 56.1 Å². The van der Waals surface area contributed by atoms with Crippen molar-refractivity contribution in [1.29, 1.82) is 0 Å². The third-order valence-electron chi connectivity index (χ3n) is 3.33. The van der Waals surface area contributed by atoms with Crippen molar-refractivity contribution in [2.24, 2.45) is 5.73 Å². The van der Waals surface area contributed by atoms with Gasteiger partial charge >= 0.3 is 0 Å². The largest absolute Gasteiger partial charge is 0.394 e. The molecule has 1 saturated heterocycles. The maximum Gasteiger partial charge on any atom is 0.172 e. The van der Waals surface area contributed by atoms with Crippen LogP contribution in [0.5, 0.6) is 0 Å². The number of aliphatic hydroxyl groups excluding tert-OH is 8. The van der Waals surface area contributed by atoms with Crippen molar-refractivity contribution in [1.82, 2.24) is 0 Å². The van der Waals surface area contributed by atoms with Crippen molar-refractivity contribution in [2.75, 3.05) is 6.61 Å². The zero-order valence-electron chi connectivity index (χ0n) is 12.5. The molecule has 23 heavy (non-hydrogen) atoms. The van der Waals surface area contributed by atoms with Gasteiger partial charge in [-0.15, -0.1) is 0 Å². The molecule has 10 N–H and O–H groups in total. The van der Waals surface area contributed by atoms with Crippen LogP contribution in [0.2, 0.25) is 0 Å². The van der Waals surface area contributed by atoms with E-state index in [0.29, 0.717) is 0 Å². The number of hydrogen-bond acceptors (Lipinski definition) is 11. The zero-order valence-corrected chi connectivity index (χ0v) is 12.5. The van der Waals surface area contributed by atoms with Crippen LogP contribution in [0.1, 0.15) is 6.92 Å². The molecule has 0 amide bonds. The Morgan fingerprint density at radius 2 is 1.61 bits per heavy atom. The van der Waals surface area contributed by atoms with Gasteiger partial charge in [-0.25, -0.2) is 0 Å². The molecule has 5 unspecified atom stereocenters. The lowest BCUT2D eigenvalue weighted by molar-refractivity contribution is -0.236. The van der Waals surface area contributed by atoms with Crippen molar-refractivity contribution in [2.45, 2.75) is 62.0 Å². The Labute approximate surface area is 132 Å². The predicted octanol–water partition coefficient (Wildman–Crippen LogP) is -5.61. The van der Waals surface area contributed by atoms with Crippen LogP contribution in [0.25, 0.3) is 0 Å². The highest BCUT2D eigenvalue weighted by molar-refractivity contribution is 5.56. The van der Waals surface area contributed by atoms with Crippen molar-refractivity contribution < 1.29 is 50.4 Å².